The number of ether oxygens (including phenoxy) is 2. The maximum atomic E-state index is 12.8. The van der Waals surface area contributed by atoms with Crippen LogP contribution in [-0.4, -0.2) is 24.6 Å². The van der Waals surface area contributed by atoms with Crippen LogP contribution in [0.5, 0.6) is 11.5 Å². The zero-order valence-corrected chi connectivity index (χ0v) is 19.2. The molecule has 0 bridgehead atoms. The zero-order valence-electron chi connectivity index (χ0n) is 16.9. The van der Waals surface area contributed by atoms with Gasteiger partial charge in [0.2, 0.25) is 0 Å². The van der Waals surface area contributed by atoms with Crippen molar-refractivity contribution in [2.24, 2.45) is 0 Å². The van der Waals surface area contributed by atoms with Gasteiger partial charge in [-0.3, -0.25) is 4.79 Å². The van der Waals surface area contributed by atoms with E-state index in [1.807, 2.05) is 26.8 Å². The average molecular weight is 494 g/mol. The number of hydrogen-bond donors (Lipinski definition) is 1. The highest BCUT2D eigenvalue weighted by Crippen LogP contribution is 2.38. The molecule has 0 aliphatic carbocycles. The molecule has 2 aromatic rings. The quantitative estimate of drug-likeness (QED) is 0.392. The second-order valence-corrected chi connectivity index (χ2v) is 8.00. The van der Waals surface area contributed by atoms with Crippen molar-refractivity contribution >= 4 is 51.2 Å². The molecule has 0 aromatic heterocycles. The Balaban J connectivity index is 1.94. The van der Waals surface area contributed by atoms with Gasteiger partial charge in [0.25, 0.3) is 5.91 Å². The van der Waals surface area contributed by atoms with E-state index in [0.717, 1.165) is 11.3 Å². The predicted molar refractivity (Wildman–Crippen MR) is 121 cm³/mol. The molecular weight excluding hydrogens is 472 g/mol. The first-order chi connectivity index (χ1) is 14.3. The molecule has 0 radical (unpaired) electrons. The molecule has 1 aliphatic heterocycles. The van der Waals surface area contributed by atoms with Crippen molar-refractivity contribution in [3.05, 3.63) is 57.2 Å². The highest BCUT2D eigenvalue weighted by molar-refractivity contribution is 9.10. The van der Waals surface area contributed by atoms with Gasteiger partial charge in [0.15, 0.2) is 11.5 Å². The molecule has 1 N–H and O–H groups in total. The Morgan fingerprint density at radius 3 is 2.67 bits per heavy atom. The molecule has 1 saturated heterocycles. The average Bonchev–Trinajstić information content (AvgIpc) is 2.97. The summed E-state index contributed by atoms with van der Waals surface area (Å²) in [5.41, 5.74) is 1.24. The molecule has 8 heteroatoms. The molecule has 1 atom stereocenters. The molecular formula is C22H22BrClN2O4. The van der Waals surface area contributed by atoms with Crippen molar-refractivity contribution in [3.63, 3.8) is 0 Å². The summed E-state index contributed by atoms with van der Waals surface area (Å²) in [4.78, 5) is 26.3. The standard InChI is InChI=1S/C22H22BrClN2O4/c1-4-13(3)30-20-17(23)9-14(11-19(20)29-5-2)10-18-21(27)26(22(28)25-18)16-8-6-7-15(24)12-16/h6-13H,4-5H2,1-3H3,(H,25,28)/b18-10+/t13-/m1/s1. The van der Waals surface area contributed by atoms with E-state index in [1.165, 1.54) is 0 Å². The van der Waals surface area contributed by atoms with Crippen LogP contribution < -0.4 is 19.7 Å². The number of carbonyl (C=O) groups is 2. The third kappa shape index (κ3) is 4.79. The lowest BCUT2D eigenvalue weighted by atomic mass is 10.1. The van der Waals surface area contributed by atoms with Gasteiger partial charge in [0.1, 0.15) is 5.70 Å². The van der Waals surface area contributed by atoms with Crippen LogP contribution in [0.4, 0.5) is 10.5 Å². The molecule has 3 rings (SSSR count). The molecule has 0 unspecified atom stereocenters. The number of nitrogens with one attached hydrogen (secondary N) is 1. The summed E-state index contributed by atoms with van der Waals surface area (Å²) in [7, 11) is 0. The van der Waals surface area contributed by atoms with Gasteiger partial charge >= 0.3 is 6.03 Å². The molecule has 1 heterocycles. The van der Waals surface area contributed by atoms with Crippen LogP contribution in [0.2, 0.25) is 5.02 Å². The third-order valence-corrected chi connectivity index (χ3v) is 5.31. The van der Waals surface area contributed by atoms with Crippen LogP contribution in [-0.2, 0) is 4.79 Å². The van der Waals surface area contributed by atoms with Crippen LogP contribution in [0.1, 0.15) is 32.8 Å². The number of rotatable bonds is 7. The maximum absolute atomic E-state index is 12.8. The molecule has 6 nitrogen and oxygen atoms in total. The molecule has 1 aliphatic rings. The fourth-order valence-electron chi connectivity index (χ4n) is 2.88. The van der Waals surface area contributed by atoms with E-state index in [1.54, 1.807) is 36.4 Å². The van der Waals surface area contributed by atoms with E-state index < -0.39 is 11.9 Å². The lowest BCUT2D eigenvalue weighted by Crippen LogP contribution is -2.30. The van der Waals surface area contributed by atoms with Crippen LogP contribution in [0.3, 0.4) is 0 Å². The SMILES string of the molecule is CCOc1cc(/C=C2/NC(=O)N(c3cccc(Cl)c3)C2=O)cc(Br)c1O[C@H](C)CC. The summed E-state index contributed by atoms with van der Waals surface area (Å²) in [6, 6.07) is 9.63. The van der Waals surface area contributed by atoms with E-state index in [9.17, 15) is 9.59 Å². The number of imide groups is 1. The van der Waals surface area contributed by atoms with E-state index in [4.69, 9.17) is 21.1 Å². The van der Waals surface area contributed by atoms with Crippen LogP contribution in [0.15, 0.2) is 46.6 Å². The van der Waals surface area contributed by atoms with Gasteiger partial charge in [-0.2, -0.15) is 0 Å². The van der Waals surface area contributed by atoms with Gasteiger partial charge in [-0.25, -0.2) is 9.69 Å². The number of hydrogen-bond acceptors (Lipinski definition) is 4. The van der Waals surface area contributed by atoms with Crippen LogP contribution in [0, 0.1) is 0 Å². The molecule has 30 heavy (non-hydrogen) atoms. The summed E-state index contributed by atoms with van der Waals surface area (Å²) in [5.74, 6) is 0.703. The van der Waals surface area contributed by atoms with Gasteiger partial charge in [-0.05, 0) is 78.2 Å². The number of anilines is 1. The fourth-order valence-corrected chi connectivity index (χ4v) is 3.62. The second kappa shape index (κ2) is 9.53. The first-order valence-electron chi connectivity index (χ1n) is 9.59. The van der Waals surface area contributed by atoms with Crippen LogP contribution in [0.25, 0.3) is 6.08 Å². The molecule has 3 amide bonds. The monoisotopic (exact) mass is 492 g/mol. The van der Waals surface area contributed by atoms with Gasteiger partial charge in [-0.1, -0.05) is 24.6 Å². The first-order valence-corrected chi connectivity index (χ1v) is 10.8. The van der Waals surface area contributed by atoms with Crippen LogP contribution >= 0.6 is 27.5 Å². The maximum Gasteiger partial charge on any atom is 0.333 e. The predicted octanol–water partition coefficient (Wildman–Crippen LogP) is 5.78. The molecule has 0 spiro atoms. The molecule has 0 saturated carbocycles. The molecule has 1 fully saturated rings. The number of nitrogens with zero attached hydrogens (tertiary/aromatic N) is 1. The third-order valence-electron chi connectivity index (χ3n) is 4.48. The van der Waals surface area contributed by atoms with E-state index in [2.05, 4.69) is 21.2 Å². The van der Waals surface area contributed by atoms with Gasteiger partial charge in [-0.15, -0.1) is 0 Å². The van der Waals surface area contributed by atoms with Crippen molar-refractivity contribution in [1.82, 2.24) is 5.32 Å². The minimum atomic E-state index is -0.533. The minimum absolute atomic E-state index is 0.0201. The Morgan fingerprint density at radius 1 is 1.23 bits per heavy atom. The lowest BCUT2D eigenvalue weighted by molar-refractivity contribution is -0.113. The van der Waals surface area contributed by atoms with E-state index in [-0.39, 0.29) is 11.8 Å². The molecule has 2 aromatic carbocycles. The Morgan fingerprint density at radius 2 is 2.00 bits per heavy atom. The zero-order chi connectivity index (χ0) is 21.8. The van der Waals surface area contributed by atoms with E-state index in [0.29, 0.717) is 38.9 Å². The summed E-state index contributed by atoms with van der Waals surface area (Å²) in [6.45, 7) is 6.37. The number of benzene rings is 2. The van der Waals surface area contributed by atoms with Gasteiger partial charge < -0.3 is 14.8 Å². The Hall–Kier alpha value is -2.51. The fraction of sp³-hybridized carbons (Fsp3) is 0.273. The topological polar surface area (TPSA) is 67.9 Å². The van der Waals surface area contributed by atoms with E-state index >= 15 is 0 Å². The van der Waals surface area contributed by atoms with Crippen molar-refractivity contribution in [3.8, 4) is 11.5 Å². The highest BCUT2D eigenvalue weighted by atomic mass is 79.9. The second-order valence-electron chi connectivity index (χ2n) is 6.71. The molecule has 158 valence electrons. The number of amides is 3. The first kappa shape index (κ1) is 22.2. The van der Waals surface area contributed by atoms with Crippen molar-refractivity contribution in [2.45, 2.75) is 33.3 Å². The summed E-state index contributed by atoms with van der Waals surface area (Å²) < 4.78 is 12.4. The van der Waals surface area contributed by atoms with Gasteiger partial charge in [0.05, 0.1) is 22.9 Å². The van der Waals surface area contributed by atoms with Crippen molar-refractivity contribution in [2.75, 3.05) is 11.5 Å². The van der Waals surface area contributed by atoms with Crippen molar-refractivity contribution < 1.29 is 19.1 Å². The Bertz CT molecular complexity index is 1010. The number of urea groups is 1. The Labute approximate surface area is 188 Å². The minimum Gasteiger partial charge on any atom is -0.490 e. The number of carbonyl (C=O) groups excluding carboxylic acids is 2. The normalized spacial score (nSPS) is 16.0. The summed E-state index contributed by atoms with van der Waals surface area (Å²) >= 11 is 9.52. The highest BCUT2D eigenvalue weighted by Gasteiger charge is 2.35. The largest absolute Gasteiger partial charge is 0.490 e. The number of halogens is 2. The van der Waals surface area contributed by atoms with Gasteiger partial charge in [0, 0.05) is 5.02 Å². The smallest absolute Gasteiger partial charge is 0.333 e. The summed E-state index contributed by atoms with van der Waals surface area (Å²) in [6.07, 6.45) is 2.47. The van der Waals surface area contributed by atoms with Crippen molar-refractivity contribution in [1.29, 1.82) is 0 Å². The Kier molecular flexibility index (Phi) is 7.05. The summed E-state index contributed by atoms with van der Waals surface area (Å²) in [5, 5.41) is 3.05. The lowest BCUT2D eigenvalue weighted by Gasteiger charge is -2.18.